The van der Waals surface area contributed by atoms with Crippen LogP contribution in [0.1, 0.15) is 24.0 Å². The number of aryl methyl sites for hydroxylation is 1. The largest absolute Gasteiger partial charge is 0.444 e. The minimum Gasteiger partial charge on any atom is -0.444 e. The smallest absolute Gasteiger partial charge is 0.414 e. The standard InChI is InChI=1S/C26H26N2O4S/c1-19-6-5-9-22-18-32-26(29)28(25(19)22)23-14-16-27(17-15-23)33(30,31)24-12-10-21(11-13-24)20-7-3-2-4-8-20/h2-13,23H,14-18H2,1H3. The van der Waals surface area contributed by atoms with Gasteiger partial charge >= 0.3 is 6.09 Å². The second kappa shape index (κ2) is 8.65. The predicted octanol–water partition coefficient (Wildman–Crippen LogP) is 4.97. The first-order valence-electron chi connectivity index (χ1n) is 11.2. The Labute approximate surface area is 194 Å². The minimum atomic E-state index is -3.60. The van der Waals surface area contributed by atoms with Crippen LogP contribution in [-0.4, -0.2) is 37.9 Å². The zero-order chi connectivity index (χ0) is 23.0. The molecule has 2 aliphatic rings. The lowest BCUT2D eigenvalue weighted by Gasteiger charge is -2.40. The summed E-state index contributed by atoms with van der Waals surface area (Å²) in [6, 6.07) is 22.7. The number of carbonyl (C=O) groups excluding carboxylic acids is 1. The number of para-hydroxylation sites is 1. The van der Waals surface area contributed by atoms with E-state index in [-0.39, 0.29) is 18.7 Å². The van der Waals surface area contributed by atoms with Crippen molar-refractivity contribution >= 4 is 21.8 Å². The number of anilines is 1. The van der Waals surface area contributed by atoms with Crippen LogP contribution in [0, 0.1) is 6.92 Å². The van der Waals surface area contributed by atoms with Gasteiger partial charge in [-0.15, -0.1) is 0 Å². The van der Waals surface area contributed by atoms with Gasteiger partial charge in [0.2, 0.25) is 10.0 Å². The SMILES string of the molecule is Cc1cccc2c1N(C1CCN(S(=O)(=O)c3ccc(-c4ccccc4)cc3)CC1)C(=O)OC2. The highest BCUT2D eigenvalue weighted by atomic mass is 32.2. The van der Waals surface area contributed by atoms with E-state index in [0.29, 0.717) is 30.8 Å². The van der Waals surface area contributed by atoms with Crippen molar-refractivity contribution in [3.63, 3.8) is 0 Å². The first-order chi connectivity index (χ1) is 15.9. The average Bonchev–Trinajstić information content (AvgIpc) is 2.85. The van der Waals surface area contributed by atoms with Gasteiger partial charge in [0.05, 0.1) is 10.6 Å². The van der Waals surface area contributed by atoms with Crippen molar-refractivity contribution in [3.05, 3.63) is 83.9 Å². The van der Waals surface area contributed by atoms with E-state index in [2.05, 4.69) is 0 Å². The van der Waals surface area contributed by atoms with Crippen LogP contribution in [0.2, 0.25) is 0 Å². The summed E-state index contributed by atoms with van der Waals surface area (Å²) in [4.78, 5) is 14.6. The lowest BCUT2D eigenvalue weighted by molar-refractivity contribution is 0.135. The van der Waals surface area contributed by atoms with Gasteiger partial charge in [-0.05, 0) is 48.6 Å². The molecule has 170 valence electrons. The quantitative estimate of drug-likeness (QED) is 0.549. The number of benzene rings is 3. The van der Waals surface area contributed by atoms with E-state index >= 15 is 0 Å². The molecule has 0 aliphatic carbocycles. The molecule has 3 aromatic carbocycles. The molecular weight excluding hydrogens is 436 g/mol. The van der Waals surface area contributed by atoms with Crippen LogP contribution in [-0.2, 0) is 21.4 Å². The Hall–Kier alpha value is -3.16. The molecule has 0 atom stereocenters. The summed E-state index contributed by atoms with van der Waals surface area (Å²) < 4.78 is 33.4. The molecule has 2 heterocycles. The molecule has 33 heavy (non-hydrogen) atoms. The van der Waals surface area contributed by atoms with Crippen LogP contribution < -0.4 is 4.90 Å². The summed E-state index contributed by atoms with van der Waals surface area (Å²) in [5, 5.41) is 0. The van der Waals surface area contributed by atoms with Crippen molar-refractivity contribution < 1.29 is 17.9 Å². The van der Waals surface area contributed by atoms with Crippen LogP contribution in [0.15, 0.2) is 77.7 Å². The van der Waals surface area contributed by atoms with Crippen molar-refractivity contribution in [2.45, 2.75) is 37.3 Å². The fraction of sp³-hybridized carbons (Fsp3) is 0.269. The maximum Gasteiger partial charge on any atom is 0.414 e. The predicted molar refractivity (Wildman–Crippen MR) is 128 cm³/mol. The lowest BCUT2D eigenvalue weighted by Crippen LogP contribution is -2.50. The van der Waals surface area contributed by atoms with Crippen LogP contribution in [0.3, 0.4) is 0 Å². The van der Waals surface area contributed by atoms with Gasteiger partial charge in [0.15, 0.2) is 0 Å². The van der Waals surface area contributed by atoms with Gasteiger partial charge in [-0.3, -0.25) is 4.90 Å². The number of carbonyl (C=O) groups is 1. The van der Waals surface area contributed by atoms with E-state index in [9.17, 15) is 13.2 Å². The molecule has 0 bridgehead atoms. The third-order valence-corrected chi connectivity index (χ3v) is 8.41. The van der Waals surface area contributed by atoms with Crippen molar-refractivity contribution in [1.29, 1.82) is 0 Å². The molecule has 2 aliphatic heterocycles. The Bertz CT molecular complexity index is 1270. The third-order valence-electron chi connectivity index (χ3n) is 6.50. The highest BCUT2D eigenvalue weighted by molar-refractivity contribution is 7.89. The number of ether oxygens (including phenoxy) is 1. The average molecular weight is 463 g/mol. The summed E-state index contributed by atoms with van der Waals surface area (Å²) >= 11 is 0. The lowest BCUT2D eigenvalue weighted by atomic mass is 10.00. The molecular formula is C26H26N2O4S. The Balaban J connectivity index is 1.32. The molecule has 0 N–H and O–H groups in total. The molecule has 0 spiro atoms. The number of hydrogen-bond donors (Lipinski definition) is 0. The molecule has 0 radical (unpaired) electrons. The van der Waals surface area contributed by atoms with E-state index in [1.54, 1.807) is 17.0 Å². The first-order valence-corrected chi connectivity index (χ1v) is 12.6. The summed E-state index contributed by atoms with van der Waals surface area (Å²) in [6.45, 7) is 2.98. The van der Waals surface area contributed by atoms with Gasteiger partial charge in [-0.1, -0.05) is 60.7 Å². The molecule has 1 fully saturated rings. The Morgan fingerprint density at radius 3 is 2.21 bits per heavy atom. The van der Waals surface area contributed by atoms with E-state index in [0.717, 1.165) is 27.9 Å². The summed E-state index contributed by atoms with van der Waals surface area (Å²) in [7, 11) is -3.60. The van der Waals surface area contributed by atoms with E-state index in [1.807, 2.05) is 67.6 Å². The second-order valence-electron chi connectivity index (χ2n) is 8.53. The second-order valence-corrected chi connectivity index (χ2v) is 10.5. The van der Waals surface area contributed by atoms with Crippen molar-refractivity contribution in [2.75, 3.05) is 18.0 Å². The van der Waals surface area contributed by atoms with Crippen molar-refractivity contribution in [2.24, 2.45) is 0 Å². The number of sulfonamides is 1. The van der Waals surface area contributed by atoms with Crippen molar-refractivity contribution in [3.8, 4) is 11.1 Å². The number of piperidine rings is 1. The van der Waals surface area contributed by atoms with E-state index in [1.165, 1.54) is 4.31 Å². The van der Waals surface area contributed by atoms with E-state index < -0.39 is 10.0 Å². The van der Waals surface area contributed by atoms with Gasteiger partial charge < -0.3 is 4.74 Å². The fourth-order valence-electron chi connectivity index (χ4n) is 4.75. The van der Waals surface area contributed by atoms with Crippen LogP contribution in [0.5, 0.6) is 0 Å². The first kappa shape index (κ1) is 21.7. The highest BCUT2D eigenvalue weighted by Gasteiger charge is 2.37. The minimum absolute atomic E-state index is 0.0930. The zero-order valence-electron chi connectivity index (χ0n) is 18.5. The Kier molecular flexibility index (Phi) is 5.68. The fourth-order valence-corrected chi connectivity index (χ4v) is 6.22. The van der Waals surface area contributed by atoms with Gasteiger partial charge in [0.1, 0.15) is 6.61 Å². The molecule has 0 aromatic heterocycles. The molecule has 1 amide bonds. The van der Waals surface area contributed by atoms with Crippen LogP contribution in [0.25, 0.3) is 11.1 Å². The molecule has 5 rings (SSSR count). The molecule has 3 aromatic rings. The molecule has 1 saturated heterocycles. The normalized spacial score (nSPS) is 17.5. The van der Waals surface area contributed by atoms with Gasteiger partial charge in [0.25, 0.3) is 0 Å². The maximum atomic E-state index is 13.3. The van der Waals surface area contributed by atoms with Crippen LogP contribution >= 0.6 is 0 Å². The topological polar surface area (TPSA) is 66.9 Å². The van der Waals surface area contributed by atoms with Gasteiger partial charge in [0, 0.05) is 24.7 Å². The zero-order valence-corrected chi connectivity index (χ0v) is 19.3. The Morgan fingerprint density at radius 2 is 1.52 bits per heavy atom. The summed E-state index contributed by atoms with van der Waals surface area (Å²) in [6.07, 6.45) is 0.767. The van der Waals surface area contributed by atoms with Crippen molar-refractivity contribution in [1.82, 2.24) is 4.31 Å². The Morgan fingerprint density at radius 1 is 0.848 bits per heavy atom. The van der Waals surface area contributed by atoms with Gasteiger partial charge in [-0.2, -0.15) is 4.31 Å². The highest BCUT2D eigenvalue weighted by Crippen LogP contribution is 2.35. The van der Waals surface area contributed by atoms with Crippen LogP contribution in [0.4, 0.5) is 10.5 Å². The maximum absolute atomic E-state index is 13.3. The molecule has 0 saturated carbocycles. The number of rotatable bonds is 4. The summed E-state index contributed by atoms with van der Waals surface area (Å²) in [5.41, 5.74) is 4.95. The number of cyclic esters (lactones) is 1. The molecule has 0 unspecified atom stereocenters. The number of hydrogen-bond acceptors (Lipinski definition) is 4. The molecule has 6 nitrogen and oxygen atoms in total. The number of nitrogens with zero attached hydrogens (tertiary/aromatic N) is 2. The van der Waals surface area contributed by atoms with E-state index in [4.69, 9.17) is 4.74 Å². The molecule has 7 heteroatoms. The third kappa shape index (κ3) is 4.03. The van der Waals surface area contributed by atoms with Gasteiger partial charge in [-0.25, -0.2) is 13.2 Å². The monoisotopic (exact) mass is 462 g/mol. The number of amides is 1. The number of fused-ring (bicyclic) bond motifs is 1. The summed E-state index contributed by atoms with van der Waals surface area (Å²) in [5.74, 6) is 0.